The van der Waals surface area contributed by atoms with Crippen LogP contribution < -0.4 is 5.73 Å². The van der Waals surface area contributed by atoms with Crippen LogP contribution in [0.3, 0.4) is 0 Å². The van der Waals surface area contributed by atoms with E-state index in [1.54, 1.807) is 30.3 Å². The van der Waals surface area contributed by atoms with Crippen molar-refractivity contribution in [1.82, 2.24) is 4.98 Å². The summed E-state index contributed by atoms with van der Waals surface area (Å²) in [6, 6.07) is 9.76. The van der Waals surface area contributed by atoms with Gasteiger partial charge in [0.15, 0.2) is 11.5 Å². The molecule has 0 spiro atoms. The molecule has 0 fully saturated rings. The van der Waals surface area contributed by atoms with E-state index in [0.717, 1.165) is 0 Å². The molecule has 0 amide bonds. The fraction of sp³-hybridized carbons (Fsp3) is 0.0714. The molecule has 0 unspecified atom stereocenters. The summed E-state index contributed by atoms with van der Waals surface area (Å²) in [6.45, 7) is 0. The van der Waals surface area contributed by atoms with E-state index in [1.165, 1.54) is 6.07 Å². The molecule has 0 radical (unpaired) electrons. The van der Waals surface area contributed by atoms with E-state index in [9.17, 15) is 4.39 Å². The summed E-state index contributed by atoms with van der Waals surface area (Å²) in [6.07, 6.45) is 0.208. The van der Waals surface area contributed by atoms with Gasteiger partial charge in [0, 0.05) is 22.3 Å². The number of hydrogen-bond acceptors (Lipinski definition) is 3. The molecule has 5 heteroatoms. The molecule has 0 saturated carbocycles. The summed E-state index contributed by atoms with van der Waals surface area (Å²) in [7, 11) is 0. The van der Waals surface area contributed by atoms with Crippen LogP contribution >= 0.6 is 11.6 Å². The van der Waals surface area contributed by atoms with E-state index in [0.29, 0.717) is 33.3 Å². The number of oxazole rings is 1. The zero-order chi connectivity index (χ0) is 13.4. The van der Waals surface area contributed by atoms with Gasteiger partial charge in [0.2, 0.25) is 0 Å². The number of nitrogens with zero attached hydrogens (tertiary/aromatic N) is 1. The first kappa shape index (κ1) is 12.0. The lowest BCUT2D eigenvalue weighted by Gasteiger charge is -2.02. The monoisotopic (exact) mass is 276 g/mol. The van der Waals surface area contributed by atoms with Crippen molar-refractivity contribution in [2.45, 2.75) is 6.42 Å². The van der Waals surface area contributed by atoms with E-state index in [2.05, 4.69) is 4.98 Å². The molecule has 0 atom stereocenters. The number of halogens is 2. The minimum atomic E-state index is -0.366. The Morgan fingerprint density at radius 2 is 2.11 bits per heavy atom. The SMILES string of the molecule is Nc1ccc2nc(Cc3c(F)cccc3Cl)oc2c1. The zero-order valence-electron chi connectivity index (χ0n) is 9.86. The van der Waals surface area contributed by atoms with Crippen LogP contribution in [-0.4, -0.2) is 4.98 Å². The van der Waals surface area contributed by atoms with Crippen LogP contribution in [0.5, 0.6) is 0 Å². The van der Waals surface area contributed by atoms with E-state index in [4.69, 9.17) is 21.8 Å². The largest absolute Gasteiger partial charge is 0.440 e. The molecule has 1 aromatic heterocycles. The van der Waals surface area contributed by atoms with Gasteiger partial charge in [0.1, 0.15) is 11.3 Å². The first-order valence-electron chi connectivity index (χ1n) is 5.71. The van der Waals surface area contributed by atoms with Crippen molar-refractivity contribution in [1.29, 1.82) is 0 Å². The minimum Gasteiger partial charge on any atom is -0.440 e. The molecule has 3 rings (SSSR count). The number of rotatable bonds is 2. The number of fused-ring (bicyclic) bond motifs is 1. The second-order valence-electron chi connectivity index (χ2n) is 4.21. The third-order valence-electron chi connectivity index (χ3n) is 2.85. The molecule has 3 nitrogen and oxygen atoms in total. The zero-order valence-corrected chi connectivity index (χ0v) is 10.6. The van der Waals surface area contributed by atoms with Gasteiger partial charge in [-0.3, -0.25) is 0 Å². The molecule has 1 heterocycles. The molecular weight excluding hydrogens is 267 g/mol. The van der Waals surface area contributed by atoms with Crippen LogP contribution in [-0.2, 0) is 6.42 Å². The van der Waals surface area contributed by atoms with Crippen LogP contribution in [0.2, 0.25) is 5.02 Å². The quantitative estimate of drug-likeness (QED) is 0.725. The lowest BCUT2D eigenvalue weighted by atomic mass is 10.1. The molecule has 0 aliphatic heterocycles. The number of hydrogen-bond donors (Lipinski definition) is 1. The van der Waals surface area contributed by atoms with Crippen molar-refractivity contribution >= 4 is 28.4 Å². The Balaban J connectivity index is 2.01. The Morgan fingerprint density at radius 3 is 2.89 bits per heavy atom. The van der Waals surface area contributed by atoms with E-state index >= 15 is 0 Å². The Bertz CT molecular complexity index is 734. The summed E-state index contributed by atoms with van der Waals surface area (Å²) in [5.41, 5.74) is 7.92. The van der Waals surface area contributed by atoms with E-state index in [1.807, 2.05) is 0 Å². The number of nitrogens with two attached hydrogens (primary N) is 1. The van der Waals surface area contributed by atoms with Crippen LogP contribution in [0, 0.1) is 5.82 Å². The van der Waals surface area contributed by atoms with Crippen molar-refractivity contribution in [3.05, 3.63) is 58.7 Å². The van der Waals surface area contributed by atoms with E-state index < -0.39 is 0 Å². The maximum absolute atomic E-state index is 13.7. The van der Waals surface area contributed by atoms with Gasteiger partial charge in [-0.2, -0.15) is 0 Å². The van der Waals surface area contributed by atoms with Crippen molar-refractivity contribution in [2.75, 3.05) is 5.73 Å². The summed E-state index contributed by atoms with van der Waals surface area (Å²) >= 11 is 5.97. The predicted octanol–water partition coefficient (Wildman–Crippen LogP) is 3.79. The van der Waals surface area contributed by atoms with Crippen molar-refractivity contribution in [3.8, 4) is 0 Å². The van der Waals surface area contributed by atoms with E-state index in [-0.39, 0.29) is 12.2 Å². The standard InChI is InChI=1S/C14H10ClFN2O/c15-10-2-1-3-11(16)9(10)7-14-18-12-5-4-8(17)6-13(12)19-14/h1-6H,7,17H2. The molecule has 2 N–H and O–H groups in total. The average molecular weight is 277 g/mol. The second kappa shape index (κ2) is 4.55. The van der Waals surface area contributed by atoms with Crippen LogP contribution in [0.25, 0.3) is 11.1 Å². The van der Waals surface area contributed by atoms with Crippen LogP contribution in [0.4, 0.5) is 10.1 Å². The van der Waals surface area contributed by atoms with Crippen LogP contribution in [0.1, 0.15) is 11.5 Å². The maximum Gasteiger partial charge on any atom is 0.200 e. The maximum atomic E-state index is 13.7. The summed E-state index contributed by atoms with van der Waals surface area (Å²) in [5, 5.41) is 0.363. The lowest BCUT2D eigenvalue weighted by Crippen LogP contribution is -1.93. The van der Waals surface area contributed by atoms with Crippen LogP contribution in [0.15, 0.2) is 40.8 Å². The van der Waals surface area contributed by atoms with Crippen molar-refractivity contribution < 1.29 is 8.81 Å². The topological polar surface area (TPSA) is 52.0 Å². The third-order valence-corrected chi connectivity index (χ3v) is 3.20. The predicted molar refractivity (Wildman–Crippen MR) is 72.6 cm³/mol. The number of nitrogen functional groups attached to an aromatic ring is 1. The Hall–Kier alpha value is -2.07. The molecule has 0 bridgehead atoms. The fourth-order valence-electron chi connectivity index (χ4n) is 1.92. The number of anilines is 1. The number of benzene rings is 2. The van der Waals surface area contributed by atoms with Gasteiger partial charge in [-0.25, -0.2) is 9.37 Å². The van der Waals surface area contributed by atoms with Gasteiger partial charge in [-0.15, -0.1) is 0 Å². The van der Waals surface area contributed by atoms with Crippen molar-refractivity contribution in [3.63, 3.8) is 0 Å². The molecule has 0 aliphatic rings. The molecule has 19 heavy (non-hydrogen) atoms. The molecular formula is C14H10ClFN2O. The third kappa shape index (κ3) is 2.27. The summed E-state index contributed by atoms with van der Waals surface area (Å²) in [4.78, 5) is 4.28. The first-order valence-corrected chi connectivity index (χ1v) is 6.09. The molecule has 3 aromatic rings. The van der Waals surface area contributed by atoms with Crippen molar-refractivity contribution in [2.24, 2.45) is 0 Å². The highest BCUT2D eigenvalue weighted by Gasteiger charge is 2.12. The molecule has 0 saturated heterocycles. The highest BCUT2D eigenvalue weighted by atomic mass is 35.5. The van der Waals surface area contributed by atoms with Gasteiger partial charge in [-0.1, -0.05) is 17.7 Å². The second-order valence-corrected chi connectivity index (χ2v) is 4.62. The van der Waals surface area contributed by atoms with Gasteiger partial charge in [0.25, 0.3) is 0 Å². The Morgan fingerprint density at radius 1 is 1.26 bits per heavy atom. The van der Waals surface area contributed by atoms with Gasteiger partial charge in [0.05, 0.1) is 6.42 Å². The molecule has 96 valence electrons. The highest BCUT2D eigenvalue weighted by Crippen LogP contribution is 2.24. The highest BCUT2D eigenvalue weighted by molar-refractivity contribution is 6.31. The van der Waals surface area contributed by atoms with Gasteiger partial charge < -0.3 is 10.2 Å². The smallest absolute Gasteiger partial charge is 0.200 e. The minimum absolute atomic E-state index is 0.208. The first-order chi connectivity index (χ1) is 9.13. The fourth-order valence-corrected chi connectivity index (χ4v) is 2.15. The Kier molecular flexibility index (Phi) is 2.87. The molecule has 0 aliphatic carbocycles. The average Bonchev–Trinajstić information content (AvgIpc) is 2.75. The van der Waals surface area contributed by atoms with Gasteiger partial charge in [-0.05, 0) is 24.3 Å². The summed E-state index contributed by atoms with van der Waals surface area (Å²) in [5.74, 6) is 0.0434. The molecule has 2 aromatic carbocycles. The Labute approximate surface area is 113 Å². The number of aromatic nitrogens is 1. The summed E-state index contributed by atoms with van der Waals surface area (Å²) < 4.78 is 19.2. The van der Waals surface area contributed by atoms with Gasteiger partial charge >= 0.3 is 0 Å². The lowest BCUT2D eigenvalue weighted by molar-refractivity contribution is 0.534. The normalized spacial score (nSPS) is 11.1.